The maximum Gasteiger partial charge on any atom is 0.237 e. The van der Waals surface area contributed by atoms with E-state index in [9.17, 15) is 4.79 Å². The normalized spacial score (nSPS) is 11.9. The fraction of sp³-hybridized carbons (Fsp3) is 0.267. The number of thioether (sulfide) groups is 1. The molecule has 0 saturated carbocycles. The minimum Gasteiger partial charge on any atom is -0.383 e. The Bertz CT molecular complexity index is 656. The summed E-state index contributed by atoms with van der Waals surface area (Å²) < 4.78 is 0. The zero-order valence-corrected chi connectivity index (χ0v) is 13.4. The van der Waals surface area contributed by atoms with Crippen molar-refractivity contribution in [1.82, 2.24) is 9.97 Å². The summed E-state index contributed by atoms with van der Waals surface area (Å²) in [5.41, 5.74) is 13.2. The maximum atomic E-state index is 12.4. The van der Waals surface area contributed by atoms with Crippen LogP contribution in [0.1, 0.15) is 18.9 Å². The third-order valence-corrected chi connectivity index (χ3v) is 4.17. The van der Waals surface area contributed by atoms with E-state index in [1.807, 2.05) is 38.1 Å². The van der Waals surface area contributed by atoms with Crippen LogP contribution in [0.3, 0.4) is 0 Å². The van der Waals surface area contributed by atoms with E-state index >= 15 is 0 Å². The van der Waals surface area contributed by atoms with E-state index in [0.717, 1.165) is 11.3 Å². The SMILES string of the molecule is CCC(Sc1nc(N)cc(N)n1)C(=O)Nc1cccc(C)c1. The zero-order chi connectivity index (χ0) is 16.1. The third kappa shape index (κ3) is 4.36. The number of benzene rings is 1. The van der Waals surface area contributed by atoms with Crippen LogP contribution in [0.4, 0.5) is 17.3 Å². The second-order valence-electron chi connectivity index (χ2n) is 4.87. The highest BCUT2D eigenvalue weighted by Crippen LogP contribution is 2.25. The fourth-order valence-electron chi connectivity index (χ4n) is 1.91. The molecule has 0 saturated heterocycles. The van der Waals surface area contributed by atoms with Gasteiger partial charge >= 0.3 is 0 Å². The molecule has 1 heterocycles. The van der Waals surface area contributed by atoms with Crippen molar-refractivity contribution in [3.8, 4) is 0 Å². The number of carbonyl (C=O) groups excluding carboxylic acids is 1. The number of nitrogens with one attached hydrogen (secondary N) is 1. The first-order valence-electron chi connectivity index (χ1n) is 6.92. The number of nitrogens with two attached hydrogens (primary N) is 2. The standard InChI is InChI=1S/C15H19N5OS/c1-3-11(22-15-19-12(16)8-13(17)20-15)14(21)18-10-6-4-5-9(2)7-10/h4-8,11H,3H2,1-2H3,(H,18,21)(H4,16,17,19,20). The third-order valence-electron chi connectivity index (χ3n) is 2.94. The maximum absolute atomic E-state index is 12.4. The lowest BCUT2D eigenvalue weighted by Gasteiger charge is -2.14. The highest BCUT2D eigenvalue weighted by Gasteiger charge is 2.20. The van der Waals surface area contributed by atoms with E-state index < -0.39 is 0 Å². The van der Waals surface area contributed by atoms with E-state index in [2.05, 4.69) is 15.3 Å². The average molecular weight is 317 g/mol. The molecular formula is C15H19N5OS. The molecule has 0 aliphatic heterocycles. The van der Waals surface area contributed by atoms with Crippen molar-refractivity contribution < 1.29 is 4.79 Å². The summed E-state index contributed by atoms with van der Waals surface area (Å²) in [5.74, 6) is 0.496. The van der Waals surface area contributed by atoms with Gasteiger partial charge in [0.05, 0.1) is 5.25 Å². The summed E-state index contributed by atoms with van der Waals surface area (Å²) in [5, 5.41) is 2.99. The van der Waals surface area contributed by atoms with Crippen molar-refractivity contribution in [1.29, 1.82) is 0 Å². The Kier molecular flexibility index (Phi) is 5.21. The van der Waals surface area contributed by atoms with Crippen LogP contribution in [-0.4, -0.2) is 21.1 Å². The van der Waals surface area contributed by atoms with Gasteiger partial charge < -0.3 is 16.8 Å². The van der Waals surface area contributed by atoms with Gasteiger partial charge in [0.2, 0.25) is 5.91 Å². The van der Waals surface area contributed by atoms with E-state index in [1.54, 1.807) is 0 Å². The van der Waals surface area contributed by atoms with Crippen LogP contribution in [0.2, 0.25) is 0 Å². The second kappa shape index (κ2) is 7.13. The Hall–Kier alpha value is -2.28. The van der Waals surface area contributed by atoms with E-state index in [0.29, 0.717) is 23.2 Å². The van der Waals surface area contributed by atoms with Crippen LogP contribution in [-0.2, 0) is 4.79 Å². The molecule has 6 nitrogen and oxygen atoms in total. The van der Waals surface area contributed by atoms with Gasteiger partial charge in [-0.1, -0.05) is 30.8 Å². The van der Waals surface area contributed by atoms with Gasteiger partial charge in [-0.3, -0.25) is 4.79 Å². The van der Waals surface area contributed by atoms with Gasteiger partial charge in [0, 0.05) is 11.8 Å². The molecule has 22 heavy (non-hydrogen) atoms. The summed E-state index contributed by atoms with van der Waals surface area (Å²) in [7, 11) is 0. The van der Waals surface area contributed by atoms with Crippen LogP contribution in [0, 0.1) is 6.92 Å². The Morgan fingerprint density at radius 1 is 1.27 bits per heavy atom. The first-order valence-corrected chi connectivity index (χ1v) is 7.80. The molecule has 1 atom stereocenters. The molecule has 1 aromatic carbocycles. The summed E-state index contributed by atoms with van der Waals surface area (Å²) in [4.78, 5) is 20.6. The number of amides is 1. The molecule has 5 N–H and O–H groups in total. The number of carbonyl (C=O) groups is 1. The quantitative estimate of drug-likeness (QED) is 0.577. The Labute approximate surface area is 133 Å². The van der Waals surface area contributed by atoms with Gasteiger partial charge in [-0.2, -0.15) is 0 Å². The lowest BCUT2D eigenvalue weighted by Crippen LogP contribution is -2.25. The van der Waals surface area contributed by atoms with Crippen LogP contribution >= 0.6 is 11.8 Å². The smallest absolute Gasteiger partial charge is 0.237 e. The van der Waals surface area contributed by atoms with Crippen molar-refractivity contribution >= 4 is 35.0 Å². The molecule has 0 fully saturated rings. The zero-order valence-electron chi connectivity index (χ0n) is 12.5. The number of hydrogen-bond acceptors (Lipinski definition) is 6. The van der Waals surface area contributed by atoms with E-state index in [4.69, 9.17) is 11.5 Å². The number of rotatable bonds is 5. The van der Waals surface area contributed by atoms with Crippen molar-refractivity contribution in [3.05, 3.63) is 35.9 Å². The lowest BCUT2D eigenvalue weighted by atomic mass is 10.2. The first-order chi connectivity index (χ1) is 10.5. The van der Waals surface area contributed by atoms with Gasteiger partial charge in [0.1, 0.15) is 11.6 Å². The summed E-state index contributed by atoms with van der Waals surface area (Å²) >= 11 is 1.25. The molecule has 0 spiro atoms. The van der Waals surface area contributed by atoms with Gasteiger partial charge in [-0.05, 0) is 31.0 Å². The number of nitrogens with zero attached hydrogens (tertiary/aromatic N) is 2. The van der Waals surface area contributed by atoms with Gasteiger partial charge in [0.15, 0.2) is 5.16 Å². The molecule has 0 radical (unpaired) electrons. The molecule has 7 heteroatoms. The van der Waals surface area contributed by atoms with Gasteiger partial charge in [-0.25, -0.2) is 9.97 Å². The van der Waals surface area contributed by atoms with E-state index in [-0.39, 0.29) is 11.2 Å². The number of hydrogen-bond donors (Lipinski definition) is 3. The molecule has 0 bridgehead atoms. The second-order valence-corrected chi connectivity index (χ2v) is 6.04. The number of aromatic nitrogens is 2. The topological polar surface area (TPSA) is 107 Å². The van der Waals surface area contributed by atoms with Crippen molar-refractivity contribution in [2.45, 2.75) is 30.7 Å². The van der Waals surface area contributed by atoms with Crippen LogP contribution in [0.25, 0.3) is 0 Å². The average Bonchev–Trinajstić information content (AvgIpc) is 2.43. The molecule has 1 unspecified atom stereocenters. The minimum absolute atomic E-state index is 0.0947. The summed E-state index contributed by atoms with van der Waals surface area (Å²) in [6.45, 7) is 3.91. The lowest BCUT2D eigenvalue weighted by molar-refractivity contribution is -0.115. The van der Waals surface area contributed by atoms with Gasteiger partial charge in [0.25, 0.3) is 0 Å². The number of aryl methyl sites for hydroxylation is 1. The highest BCUT2D eigenvalue weighted by molar-refractivity contribution is 8.00. The Morgan fingerprint density at radius 2 is 1.95 bits per heavy atom. The van der Waals surface area contributed by atoms with Gasteiger partial charge in [-0.15, -0.1) is 0 Å². The first kappa shape index (κ1) is 16.1. The molecule has 1 aromatic heterocycles. The number of nitrogen functional groups attached to an aromatic ring is 2. The molecule has 116 valence electrons. The van der Waals surface area contributed by atoms with Crippen molar-refractivity contribution in [3.63, 3.8) is 0 Å². The van der Waals surface area contributed by atoms with Crippen molar-refractivity contribution in [2.75, 3.05) is 16.8 Å². The Balaban J connectivity index is 2.08. The Morgan fingerprint density at radius 3 is 2.55 bits per heavy atom. The van der Waals surface area contributed by atoms with Crippen LogP contribution < -0.4 is 16.8 Å². The fourth-order valence-corrected chi connectivity index (χ4v) is 2.81. The minimum atomic E-state index is -0.318. The summed E-state index contributed by atoms with van der Waals surface area (Å²) in [6.07, 6.45) is 0.639. The monoisotopic (exact) mass is 317 g/mol. The summed E-state index contributed by atoms with van der Waals surface area (Å²) in [6, 6.07) is 9.14. The molecule has 1 amide bonds. The molecule has 2 rings (SSSR count). The predicted octanol–water partition coefficient (Wildman–Crippen LogP) is 2.46. The molecule has 2 aromatic rings. The highest BCUT2D eigenvalue weighted by atomic mass is 32.2. The molecule has 0 aliphatic rings. The van der Waals surface area contributed by atoms with Crippen LogP contribution in [0.15, 0.2) is 35.5 Å². The predicted molar refractivity (Wildman–Crippen MR) is 90.6 cm³/mol. The van der Waals surface area contributed by atoms with E-state index in [1.165, 1.54) is 17.8 Å². The van der Waals surface area contributed by atoms with Crippen molar-refractivity contribution in [2.24, 2.45) is 0 Å². The number of anilines is 3. The largest absolute Gasteiger partial charge is 0.383 e. The molecule has 0 aliphatic carbocycles. The molecular weight excluding hydrogens is 298 g/mol. The van der Waals surface area contributed by atoms with Crippen LogP contribution in [0.5, 0.6) is 0 Å².